The fraction of sp³-hybridized carbons (Fsp3) is 0.455. The second-order valence-electron chi connectivity index (χ2n) is 5.73. The number of hydrogen-bond donors (Lipinski definition) is 2. The molecule has 3 N–H and O–H groups in total. The van der Waals surface area contributed by atoms with Gasteiger partial charge in [0.1, 0.15) is 5.69 Å². The quantitative estimate of drug-likeness (QED) is 0.862. The minimum Gasteiger partial charge on any atom is -0.278 e. The summed E-state index contributed by atoms with van der Waals surface area (Å²) in [5, 5.41) is 4.76. The molecule has 1 aromatic rings. The third-order valence-corrected chi connectivity index (χ3v) is 4.88. The number of primary sulfonamides is 1. The molecule has 1 rings (SSSR count). The Bertz CT molecular complexity index is 730. The SMILES string of the molecule is CC(C)(C)CS(=O)(=O)Nc1c(F)cc(S(N)(=O)=O)cc1F. The molecule has 0 atom stereocenters. The molecule has 0 saturated carbocycles. The van der Waals surface area contributed by atoms with Crippen molar-refractivity contribution in [3.63, 3.8) is 0 Å². The largest absolute Gasteiger partial charge is 0.278 e. The number of nitrogens with two attached hydrogens (primary N) is 1. The van der Waals surface area contributed by atoms with Gasteiger partial charge in [-0.25, -0.2) is 30.8 Å². The fourth-order valence-electron chi connectivity index (χ4n) is 1.57. The van der Waals surface area contributed by atoms with Gasteiger partial charge >= 0.3 is 0 Å². The third-order valence-electron chi connectivity index (χ3n) is 2.22. The first-order chi connectivity index (χ1) is 9.21. The maximum Gasteiger partial charge on any atom is 0.238 e. The van der Waals surface area contributed by atoms with Crippen LogP contribution in [0.25, 0.3) is 0 Å². The van der Waals surface area contributed by atoms with Crippen molar-refractivity contribution in [3.05, 3.63) is 23.8 Å². The molecule has 0 heterocycles. The van der Waals surface area contributed by atoms with E-state index in [9.17, 15) is 25.6 Å². The molecule has 0 unspecified atom stereocenters. The van der Waals surface area contributed by atoms with E-state index in [0.29, 0.717) is 12.1 Å². The van der Waals surface area contributed by atoms with Crippen LogP contribution in [0.4, 0.5) is 14.5 Å². The van der Waals surface area contributed by atoms with Crippen LogP contribution in [-0.4, -0.2) is 22.6 Å². The van der Waals surface area contributed by atoms with E-state index in [0.717, 1.165) is 0 Å². The lowest BCUT2D eigenvalue weighted by Crippen LogP contribution is -2.27. The summed E-state index contributed by atoms with van der Waals surface area (Å²) in [7, 11) is -8.29. The Hall–Kier alpha value is -1.26. The number of halogens is 2. The van der Waals surface area contributed by atoms with Crippen LogP contribution >= 0.6 is 0 Å². The molecule has 120 valence electrons. The van der Waals surface area contributed by atoms with Gasteiger partial charge in [0.05, 0.1) is 10.6 Å². The molecule has 0 bridgehead atoms. The highest BCUT2D eigenvalue weighted by atomic mass is 32.2. The minimum atomic E-state index is -4.29. The molecule has 0 aromatic heterocycles. The van der Waals surface area contributed by atoms with E-state index < -0.39 is 47.7 Å². The van der Waals surface area contributed by atoms with Gasteiger partial charge in [-0.2, -0.15) is 0 Å². The molecule has 6 nitrogen and oxygen atoms in total. The van der Waals surface area contributed by atoms with Crippen molar-refractivity contribution in [2.24, 2.45) is 10.6 Å². The van der Waals surface area contributed by atoms with E-state index in [1.54, 1.807) is 25.5 Å². The van der Waals surface area contributed by atoms with Crippen LogP contribution < -0.4 is 9.86 Å². The van der Waals surface area contributed by atoms with Gasteiger partial charge in [0.2, 0.25) is 20.0 Å². The second kappa shape index (κ2) is 5.50. The van der Waals surface area contributed by atoms with Gasteiger partial charge < -0.3 is 0 Å². The van der Waals surface area contributed by atoms with Gasteiger partial charge in [-0.15, -0.1) is 0 Å². The first kappa shape index (κ1) is 17.8. The standard InChI is InChI=1S/C11H16F2N2O4S2/c1-11(2,3)6-20(16,17)15-10-8(12)4-7(5-9(10)13)21(14,18)19/h4-5,15H,6H2,1-3H3,(H2,14,18,19). The summed E-state index contributed by atoms with van der Waals surface area (Å²) < 4.78 is 74.9. The summed E-state index contributed by atoms with van der Waals surface area (Å²) >= 11 is 0. The monoisotopic (exact) mass is 342 g/mol. The number of benzene rings is 1. The molecule has 0 saturated heterocycles. The van der Waals surface area contributed by atoms with Crippen molar-refractivity contribution < 1.29 is 25.6 Å². The van der Waals surface area contributed by atoms with Crippen molar-refractivity contribution in [2.45, 2.75) is 25.7 Å². The lowest BCUT2D eigenvalue weighted by molar-refractivity contribution is 0.463. The second-order valence-corrected chi connectivity index (χ2v) is 9.01. The Labute approximate surface area is 122 Å². The van der Waals surface area contributed by atoms with Gasteiger partial charge in [0, 0.05) is 0 Å². The van der Waals surface area contributed by atoms with Crippen LogP contribution in [0.15, 0.2) is 17.0 Å². The van der Waals surface area contributed by atoms with Gasteiger partial charge in [-0.05, 0) is 17.5 Å². The predicted molar refractivity (Wildman–Crippen MR) is 74.6 cm³/mol. The van der Waals surface area contributed by atoms with Crippen molar-refractivity contribution in [1.29, 1.82) is 0 Å². The van der Waals surface area contributed by atoms with E-state index in [1.807, 2.05) is 0 Å². The molecule has 1 aromatic carbocycles. The molecular formula is C11H16F2N2O4S2. The van der Waals surface area contributed by atoms with Crippen LogP contribution in [0.3, 0.4) is 0 Å². The van der Waals surface area contributed by atoms with E-state index in [2.05, 4.69) is 0 Å². The molecule has 0 aliphatic heterocycles. The maximum absolute atomic E-state index is 13.7. The molecule has 0 aliphatic rings. The maximum atomic E-state index is 13.7. The molecule has 0 aliphatic carbocycles. The Morgan fingerprint density at radius 2 is 1.52 bits per heavy atom. The fourth-order valence-corrected chi connectivity index (χ4v) is 3.83. The lowest BCUT2D eigenvalue weighted by atomic mass is 10.0. The van der Waals surface area contributed by atoms with Crippen molar-refractivity contribution in [3.8, 4) is 0 Å². The van der Waals surface area contributed by atoms with E-state index in [4.69, 9.17) is 5.14 Å². The number of sulfonamides is 2. The third kappa shape index (κ3) is 5.21. The van der Waals surface area contributed by atoms with Gasteiger partial charge in [-0.3, -0.25) is 4.72 Å². The highest BCUT2D eigenvalue weighted by Crippen LogP contribution is 2.25. The molecule has 0 radical (unpaired) electrons. The zero-order valence-corrected chi connectivity index (χ0v) is 13.3. The molecule has 0 fully saturated rings. The molecular weight excluding hydrogens is 326 g/mol. The Morgan fingerprint density at radius 1 is 1.10 bits per heavy atom. The molecule has 0 amide bonds. The number of hydrogen-bond acceptors (Lipinski definition) is 4. The topological polar surface area (TPSA) is 106 Å². The number of nitrogens with one attached hydrogen (secondary N) is 1. The lowest BCUT2D eigenvalue weighted by Gasteiger charge is -2.19. The number of rotatable bonds is 4. The van der Waals surface area contributed by atoms with Crippen molar-refractivity contribution in [2.75, 3.05) is 10.5 Å². The zero-order chi connectivity index (χ0) is 16.6. The van der Waals surface area contributed by atoms with E-state index in [1.165, 1.54) is 0 Å². The summed E-state index contributed by atoms with van der Waals surface area (Å²) in [4.78, 5) is -0.781. The highest BCUT2D eigenvalue weighted by molar-refractivity contribution is 7.92. The zero-order valence-electron chi connectivity index (χ0n) is 11.6. The number of anilines is 1. The first-order valence-corrected chi connectivity index (χ1v) is 8.93. The Morgan fingerprint density at radius 3 is 1.86 bits per heavy atom. The first-order valence-electron chi connectivity index (χ1n) is 5.74. The Kier molecular flexibility index (Phi) is 4.66. The van der Waals surface area contributed by atoms with E-state index in [-0.39, 0.29) is 5.75 Å². The van der Waals surface area contributed by atoms with Crippen LogP contribution in [0.2, 0.25) is 0 Å². The average molecular weight is 342 g/mol. The minimum absolute atomic E-state index is 0.365. The Balaban J connectivity index is 3.23. The van der Waals surface area contributed by atoms with Crippen LogP contribution in [0, 0.1) is 17.0 Å². The van der Waals surface area contributed by atoms with E-state index >= 15 is 0 Å². The summed E-state index contributed by atoms with van der Waals surface area (Å²) in [6, 6.07) is 0.903. The molecule has 0 spiro atoms. The van der Waals surface area contributed by atoms with Gasteiger partial charge in [0.15, 0.2) is 11.6 Å². The van der Waals surface area contributed by atoms with Gasteiger partial charge in [0.25, 0.3) is 0 Å². The summed E-state index contributed by atoms with van der Waals surface area (Å²) in [6.45, 7) is 4.93. The summed E-state index contributed by atoms with van der Waals surface area (Å²) in [5.74, 6) is -3.09. The normalized spacial score (nSPS) is 13.2. The smallest absolute Gasteiger partial charge is 0.238 e. The van der Waals surface area contributed by atoms with Crippen molar-refractivity contribution in [1.82, 2.24) is 0 Å². The molecule has 10 heteroatoms. The highest BCUT2D eigenvalue weighted by Gasteiger charge is 2.25. The average Bonchev–Trinajstić information content (AvgIpc) is 2.18. The summed E-state index contributed by atoms with van der Waals surface area (Å²) in [6.07, 6.45) is 0. The van der Waals surface area contributed by atoms with Crippen molar-refractivity contribution >= 4 is 25.7 Å². The van der Waals surface area contributed by atoms with Gasteiger partial charge in [-0.1, -0.05) is 20.8 Å². The summed E-state index contributed by atoms with van der Waals surface area (Å²) in [5.41, 5.74) is -1.56. The van der Waals surface area contributed by atoms with Crippen LogP contribution in [-0.2, 0) is 20.0 Å². The van der Waals surface area contributed by atoms with Crippen LogP contribution in [0.1, 0.15) is 20.8 Å². The molecule has 21 heavy (non-hydrogen) atoms. The predicted octanol–water partition coefficient (Wildman–Crippen LogP) is 1.40. The van der Waals surface area contributed by atoms with Crippen LogP contribution in [0.5, 0.6) is 0 Å².